The number of para-hydroxylation sites is 2. The van der Waals surface area contributed by atoms with Crippen LogP contribution in [0.25, 0.3) is 16.7 Å². The standard InChI is InChI=1S/C22H19ClN4O2S/c1-13-7-6-10-16(23)19(13)26-18(28)12-30-22-25-17-11-14(2)24-20(17)21(29)27(22)15-8-4-3-5-9-15/h3-11,24H,12H2,1-2H3,(H,26,28). The lowest BCUT2D eigenvalue weighted by Crippen LogP contribution is -2.23. The van der Waals surface area contributed by atoms with Crippen molar-refractivity contribution in [2.24, 2.45) is 0 Å². The van der Waals surface area contributed by atoms with Crippen molar-refractivity contribution >= 4 is 46.0 Å². The maximum atomic E-state index is 13.1. The highest BCUT2D eigenvalue weighted by atomic mass is 35.5. The van der Waals surface area contributed by atoms with Crippen LogP contribution >= 0.6 is 23.4 Å². The smallest absolute Gasteiger partial charge is 0.283 e. The minimum atomic E-state index is -0.226. The molecule has 0 saturated carbocycles. The van der Waals surface area contributed by atoms with Gasteiger partial charge in [0, 0.05) is 5.69 Å². The first-order valence-corrected chi connectivity index (χ1v) is 10.7. The Morgan fingerprint density at radius 2 is 1.93 bits per heavy atom. The molecule has 4 rings (SSSR count). The Kier molecular flexibility index (Phi) is 5.65. The number of carbonyl (C=O) groups is 1. The maximum absolute atomic E-state index is 13.1. The number of aromatic amines is 1. The van der Waals surface area contributed by atoms with Crippen molar-refractivity contribution in [1.82, 2.24) is 14.5 Å². The fourth-order valence-electron chi connectivity index (χ4n) is 3.17. The summed E-state index contributed by atoms with van der Waals surface area (Å²) in [6, 6.07) is 16.5. The largest absolute Gasteiger partial charge is 0.353 e. The summed E-state index contributed by atoms with van der Waals surface area (Å²) >= 11 is 7.40. The van der Waals surface area contributed by atoms with E-state index < -0.39 is 0 Å². The third-order valence-electron chi connectivity index (χ3n) is 4.59. The van der Waals surface area contributed by atoms with E-state index in [2.05, 4.69) is 15.3 Å². The normalized spacial score (nSPS) is 11.0. The molecule has 2 aromatic heterocycles. The molecule has 6 nitrogen and oxygen atoms in total. The molecule has 1 amide bonds. The zero-order valence-electron chi connectivity index (χ0n) is 16.4. The first-order valence-electron chi connectivity index (χ1n) is 9.29. The number of anilines is 1. The predicted octanol–water partition coefficient (Wildman–Crippen LogP) is 4.71. The van der Waals surface area contributed by atoms with E-state index in [9.17, 15) is 9.59 Å². The number of amides is 1. The topological polar surface area (TPSA) is 79.8 Å². The number of halogens is 1. The molecule has 152 valence electrons. The van der Waals surface area contributed by atoms with Gasteiger partial charge >= 0.3 is 0 Å². The number of rotatable bonds is 5. The van der Waals surface area contributed by atoms with Gasteiger partial charge in [-0.3, -0.25) is 14.2 Å². The van der Waals surface area contributed by atoms with E-state index in [-0.39, 0.29) is 17.2 Å². The van der Waals surface area contributed by atoms with E-state index in [4.69, 9.17) is 11.6 Å². The number of fused-ring (bicyclic) bond motifs is 1. The maximum Gasteiger partial charge on any atom is 0.283 e. The average Bonchev–Trinajstić information content (AvgIpc) is 3.10. The van der Waals surface area contributed by atoms with E-state index in [0.29, 0.717) is 32.6 Å². The van der Waals surface area contributed by atoms with Crippen LogP contribution in [0.5, 0.6) is 0 Å². The van der Waals surface area contributed by atoms with Crippen molar-refractivity contribution in [1.29, 1.82) is 0 Å². The molecule has 0 spiro atoms. The lowest BCUT2D eigenvalue weighted by Gasteiger charge is -2.13. The molecular weight excluding hydrogens is 420 g/mol. The molecule has 0 radical (unpaired) electrons. The highest BCUT2D eigenvalue weighted by Crippen LogP contribution is 2.26. The summed E-state index contributed by atoms with van der Waals surface area (Å²) in [5, 5.41) is 3.78. The number of nitrogens with one attached hydrogen (secondary N) is 2. The Morgan fingerprint density at radius 1 is 1.17 bits per heavy atom. The van der Waals surface area contributed by atoms with Crippen molar-refractivity contribution in [3.8, 4) is 5.69 Å². The summed E-state index contributed by atoms with van der Waals surface area (Å²) < 4.78 is 1.52. The van der Waals surface area contributed by atoms with Gasteiger partial charge in [0.15, 0.2) is 5.16 Å². The van der Waals surface area contributed by atoms with Crippen LogP contribution in [0.3, 0.4) is 0 Å². The number of thioether (sulfide) groups is 1. The van der Waals surface area contributed by atoms with Gasteiger partial charge in [-0.05, 0) is 43.7 Å². The number of carbonyl (C=O) groups excluding carboxylic acids is 1. The van der Waals surface area contributed by atoms with Crippen molar-refractivity contribution < 1.29 is 4.79 Å². The second-order valence-electron chi connectivity index (χ2n) is 6.85. The number of H-pyrrole nitrogens is 1. The van der Waals surface area contributed by atoms with Crippen LogP contribution in [0, 0.1) is 13.8 Å². The van der Waals surface area contributed by atoms with Crippen molar-refractivity contribution in [3.05, 3.63) is 81.2 Å². The summed E-state index contributed by atoms with van der Waals surface area (Å²) in [4.78, 5) is 33.4. The van der Waals surface area contributed by atoms with Crippen molar-refractivity contribution in [3.63, 3.8) is 0 Å². The van der Waals surface area contributed by atoms with Crippen LogP contribution in [0.1, 0.15) is 11.3 Å². The Hall–Kier alpha value is -3.03. The van der Waals surface area contributed by atoms with E-state index in [1.807, 2.05) is 62.4 Å². The molecule has 2 heterocycles. The zero-order chi connectivity index (χ0) is 21.3. The molecule has 8 heteroatoms. The van der Waals surface area contributed by atoms with Gasteiger partial charge in [0.2, 0.25) is 5.91 Å². The Morgan fingerprint density at radius 3 is 2.67 bits per heavy atom. The number of hydrogen-bond acceptors (Lipinski definition) is 4. The van der Waals surface area contributed by atoms with Gasteiger partial charge in [0.1, 0.15) is 5.52 Å². The zero-order valence-corrected chi connectivity index (χ0v) is 18.0. The fraction of sp³-hybridized carbons (Fsp3) is 0.136. The monoisotopic (exact) mass is 438 g/mol. The highest BCUT2D eigenvalue weighted by molar-refractivity contribution is 7.99. The van der Waals surface area contributed by atoms with E-state index in [1.165, 1.54) is 16.3 Å². The van der Waals surface area contributed by atoms with Crippen LogP contribution in [0.4, 0.5) is 5.69 Å². The Labute approximate surface area is 182 Å². The molecule has 0 fully saturated rings. The molecule has 0 unspecified atom stereocenters. The third-order valence-corrected chi connectivity index (χ3v) is 5.84. The molecule has 2 N–H and O–H groups in total. The van der Waals surface area contributed by atoms with Gasteiger partial charge in [0.25, 0.3) is 5.56 Å². The second-order valence-corrected chi connectivity index (χ2v) is 8.20. The Bertz CT molecular complexity index is 1280. The quantitative estimate of drug-likeness (QED) is 0.349. The van der Waals surface area contributed by atoms with Gasteiger partial charge in [-0.1, -0.05) is 53.7 Å². The number of aromatic nitrogens is 3. The second kappa shape index (κ2) is 8.38. The third kappa shape index (κ3) is 3.99. The van der Waals surface area contributed by atoms with Gasteiger partial charge in [-0.25, -0.2) is 4.98 Å². The molecule has 0 aliphatic rings. The van der Waals surface area contributed by atoms with Gasteiger partial charge in [0.05, 0.1) is 27.7 Å². The van der Waals surface area contributed by atoms with Gasteiger partial charge in [-0.15, -0.1) is 0 Å². The minimum Gasteiger partial charge on any atom is -0.353 e. The van der Waals surface area contributed by atoms with E-state index in [0.717, 1.165) is 11.3 Å². The van der Waals surface area contributed by atoms with Crippen LogP contribution in [-0.2, 0) is 4.79 Å². The van der Waals surface area contributed by atoms with Crippen LogP contribution < -0.4 is 10.9 Å². The van der Waals surface area contributed by atoms with Crippen LogP contribution in [0.15, 0.2) is 64.5 Å². The van der Waals surface area contributed by atoms with Crippen LogP contribution in [-0.4, -0.2) is 26.2 Å². The molecule has 0 aliphatic carbocycles. The lowest BCUT2D eigenvalue weighted by atomic mass is 10.2. The number of benzene rings is 2. The average molecular weight is 439 g/mol. The summed E-state index contributed by atoms with van der Waals surface area (Å²) in [6.45, 7) is 3.76. The molecule has 30 heavy (non-hydrogen) atoms. The molecule has 0 bridgehead atoms. The summed E-state index contributed by atoms with van der Waals surface area (Å²) in [7, 11) is 0. The molecule has 0 saturated heterocycles. The van der Waals surface area contributed by atoms with E-state index >= 15 is 0 Å². The minimum absolute atomic E-state index is 0.0822. The molecule has 0 aliphatic heterocycles. The molecule has 4 aromatic rings. The Balaban J connectivity index is 1.66. The first-order chi connectivity index (χ1) is 14.4. The fourth-order valence-corrected chi connectivity index (χ4v) is 4.26. The van der Waals surface area contributed by atoms with Crippen LogP contribution in [0.2, 0.25) is 5.02 Å². The van der Waals surface area contributed by atoms with Crippen molar-refractivity contribution in [2.75, 3.05) is 11.1 Å². The number of hydrogen-bond donors (Lipinski definition) is 2. The highest BCUT2D eigenvalue weighted by Gasteiger charge is 2.17. The predicted molar refractivity (Wildman–Crippen MR) is 122 cm³/mol. The summed E-state index contributed by atoms with van der Waals surface area (Å²) in [6.07, 6.45) is 0. The lowest BCUT2D eigenvalue weighted by molar-refractivity contribution is -0.113. The van der Waals surface area contributed by atoms with Gasteiger partial charge in [-0.2, -0.15) is 0 Å². The summed E-state index contributed by atoms with van der Waals surface area (Å²) in [5.41, 5.74) is 3.83. The molecule has 0 atom stereocenters. The first kappa shape index (κ1) is 20.3. The summed E-state index contributed by atoms with van der Waals surface area (Å²) in [5.74, 6) is -0.144. The van der Waals surface area contributed by atoms with Crippen molar-refractivity contribution in [2.45, 2.75) is 19.0 Å². The molecular formula is C22H19ClN4O2S. The van der Waals surface area contributed by atoms with Gasteiger partial charge < -0.3 is 10.3 Å². The van der Waals surface area contributed by atoms with E-state index in [1.54, 1.807) is 6.07 Å². The number of nitrogens with zero attached hydrogens (tertiary/aromatic N) is 2. The SMILES string of the molecule is Cc1cc2nc(SCC(=O)Nc3c(C)cccc3Cl)n(-c3ccccc3)c(=O)c2[nH]1. The molecule has 2 aromatic carbocycles. The number of aryl methyl sites for hydroxylation is 2.